The van der Waals surface area contributed by atoms with Crippen LogP contribution >= 0.6 is 0 Å². The first-order chi connectivity index (χ1) is 31.6. The molecule has 0 spiro atoms. The van der Waals surface area contributed by atoms with Gasteiger partial charge in [0, 0.05) is 11.3 Å². The first-order valence-electron chi connectivity index (χ1n) is 23.3. The number of aryl methyl sites for hydroxylation is 3. The number of hydrogen-bond acceptors (Lipinski definition) is 0. The number of allylic oxidation sites excluding steroid dienone is 17. The third-order valence-electron chi connectivity index (χ3n) is 11.4. The molecule has 0 bridgehead atoms. The molecule has 1 heteroatoms. The lowest BCUT2D eigenvalue weighted by atomic mass is 9.80. The van der Waals surface area contributed by atoms with E-state index in [0.717, 1.165) is 17.6 Å². The van der Waals surface area contributed by atoms with Gasteiger partial charge in [0.2, 0.25) is 0 Å². The predicted octanol–water partition coefficient (Wildman–Crippen LogP) is 19.8. The maximum Gasteiger partial charge on any atom is 0.111 e. The summed E-state index contributed by atoms with van der Waals surface area (Å²) < 4.78 is 12.8. The summed E-state index contributed by atoms with van der Waals surface area (Å²) in [5, 5.41) is 0. The van der Waals surface area contributed by atoms with Crippen molar-refractivity contribution in [2.24, 2.45) is 0 Å². The van der Waals surface area contributed by atoms with Gasteiger partial charge in [-0.3, -0.25) is 0 Å². The summed E-state index contributed by atoms with van der Waals surface area (Å²) in [4.78, 5) is 0. The number of halogens is 1. The Hall–Kier alpha value is -6.31. The van der Waals surface area contributed by atoms with Crippen LogP contribution in [-0.2, 0) is 5.41 Å². The Morgan fingerprint density at radius 2 is 1.29 bits per heavy atom. The van der Waals surface area contributed by atoms with Crippen molar-refractivity contribution in [3.63, 3.8) is 0 Å². The minimum absolute atomic E-state index is 0.0406. The highest BCUT2D eigenvalue weighted by Gasteiger charge is 2.37. The van der Waals surface area contributed by atoms with Crippen LogP contribution in [-0.4, -0.2) is 6.67 Å². The largest absolute Gasteiger partial charge is 0.246 e. The SMILES string of the molecule is C=C/C=C(/C)C=C.C=C/C=C(\C=C/C)C(/C)=C/C(C)=C\C.C=Cc1c(C)cc2c(c1C=C)-c1ccc(C)cc1C2(C)C.CC.CC1=CC=C(CF)C(c2ccccc2)C1.Cc1ccccc1. The molecule has 0 fully saturated rings. The molecule has 0 aliphatic heterocycles. The average molecular weight is 881 g/mol. The van der Waals surface area contributed by atoms with Gasteiger partial charge >= 0.3 is 0 Å². The van der Waals surface area contributed by atoms with Crippen molar-refractivity contribution in [1.29, 1.82) is 0 Å². The maximum atomic E-state index is 12.8. The highest BCUT2D eigenvalue weighted by molar-refractivity contribution is 5.91. The zero-order valence-electron chi connectivity index (χ0n) is 43.0. The molecular weight excluding hydrogens is 800 g/mol. The molecule has 4 aromatic rings. The van der Waals surface area contributed by atoms with E-state index in [1.165, 1.54) is 77.9 Å². The molecule has 2 aliphatic rings. The highest BCUT2D eigenvalue weighted by Crippen LogP contribution is 2.51. The lowest BCUT2D eigenvalue weighted by molar-refractivity contribution is 0.514. The van der Waals surface area contributed by atoms with Crippen molar-refractivity contribution in [1.82, 2.24) is 0 Å². The predicted molar refractivity (Wildman–Crippen MR) is 298 cm³/mol. The third kappa shape index (κ3) is 17.6. The fourth-order valence-electron chi connectivity index (χ4n) is 7.63. The van der Waals surface area contributed by atoms with E-state index >= 15 is 0 Å². The van der Waals surface area contributed by atoms with Crippen molar-refractivity contribution in [2.45, 2.75) is 108 Å². The van der Waals surface area contributed by atoms with E-state index in [-0.39, 0.29) is 18.0 Å². The van der Waals surface area contributed by atoms with Crippen LogP contribution in [0.3, 0.4) is 0 Å². The van der Waals surface area contributed by atoms with Crippen LogP contribution in [0.1, 0.15) is 126 Å². The highest BCUT2D eigenvalue weighted by atomic mass is 19.1. The Labute approximate surface area is 402 Å². The molecule has 0 saturated heterocycles. The lowest BCUT2D eigenvalue weighted by Gasteiger charge is -2.23. The van der Waals surface area contributed by atoms with Crippen LogP contribution < -0.4 is 0 Å². The molecule has 0 radical (unpaired) electrons. The normalized spacial score (nSPS) is 14.7. The average Bonchev–Trinajstić information content (AvgIpc) is 3.54. The van der Waals surface area contributed by atoms with Crippen LogP contribution in [0.4, 0.5) is 4.39 Å². The molecule has 0 amide bonds. The standard InChI is InChI=1S/C21H22.C14H15F.C14H20.C7H8.C7H10.C2H6/c1-7-15-14(4)12-19-20(16(15)8-2)17-10-9-13(3)11-18(17)21(19,5)6;1-11-7-8-13(10-15)14(9-11)12-5-3-2-4-6-12;1-6-9-14(10-7-2)13(5)11-12(4)8-3;1-7-5-3-2-4-6-7;1-4-6-7(3)5-2;1-2/h7-12H,1-2H2,3-6H3;2-8,14H,9-10H2,1H3;6-11H,1H2,2-5H3;2-6H,1H3;4-6H,1-2H2,3H3;1-2H3/b;;10-7-,12-8-,13-11+,14-9+;;7-6-;. The summed E-state index contributed by atoms with van der Waals surface area (Å²) in [6, 6.07) is 29.5. The van der Waals surface area contributed by atoms with Gasteiger partial charge in [0.25, 0.3) is 0 Å². The molecule has 348 valence electrons. The first-order valence-corrected chi connectivity index (χ1v) is 23.3. The van der Waals surface area contributed by atoms with Gasteiger partial charge in [0.15, 0.2) is 0 Å². The van der Waals surface area contributed by atoms with E-state index in [1.54, 1.807) is 12.2 Å². The van der Waals surface area contributed by atoms with E-state index in [9.17, 15) is 4.39 Å². The third-order valence-corrected chi connectivity index (χ3v) is 11.4. The van der Waals surface area contributed by atoms with Gasteiger partial charge < -0.3 is 0 Å². The van der Waals surface area contributed by atoms with E-state index in [4.69, 9.17) is 0 Å². The number of rotatable bonds is 10. The Bertz CT molecular complexity index is 2410. The van der Waals surface area contributed by atoms with E-state index in [0.29, 0.717) is 0 Å². The van der Waals surface area contributed by atoms with Gasteiger partial charge in [-0.15, -0.1) is 0 Å². The molecule has 66 heavy (non-hydrogen) atoms. The maximum absolute atomic E-state index is 12.8. The minimum atomic E-state index is -0.344. The molecule has 0 N–H and O–H groups in total. The summed E-state index contributed by atoms with van der Waals surface area (Å²) in [7, 11) is 0. The molecule has 0 saturated carbocycles. The number of benzene rings is 4. The molecule has 6 rings (SSSR count). The van der Waals surface area contributed by atoms with Crippen molar-refractivity contribution in [2.75, 3.05) is 6.67 Å². The Morgan fingerprint density at radius 3 is 1.76 bits per heavy atom. The summed E-state index contributed by atoms with van der Waals surface area (Å²) in [6.45, 7) is 45.9. The minimum Gasteiger partial charge on any atom is -0.246 e. The zero-order chi connectivity index (χ0) is 49.8. The second kappa shape index (κ2) is 30.8. The molecule has 1 atom stereocenters. The van der Waals surface area contributed by atoms with Gasteiger partial charge in [-0.25, -0.2) is 4.39 Å². The van der Waals surface area contributed by atoms with E-state index < -0.39 is 0 Å². The van der Waals surface area contributed by atoms with Gasteiger partial charge in [-0.05, 0) is 130 Å². The van der Waals surface area contributed by atoms with Gasteiger partial charge in [-0.1, -0.05) is 252 Å². The molecule has 0 heterocycles. The van der Waals surface area contributed by atoms with Crippen LogP contribution in [0.5, 0.6) is 0 Å². The molecule has 4 aromatic carbocycles. The Morgan fingerprint density at radius 1 is 0.697 bits per heavy atom. The van der Waals surface area contributed by atoms with Crippen LogP contribution in [0, 0.1) is 20.8 Å². The zero-order valence-corrected chi connectivity index (χ0v) is 43.0. The van der Waals surface area contributed by atoms with Crippen LogP contribution in [0.2, 0.25) is 0 Å². The number of fused-ring (bicyclic) bond motifs is 3. The van der Waals surface area contributed by atoms with Crippen molar-refractivity contribution in [3.05, 3.63) is 263 Å². The van der Waals surface area contributed by atoms with Gasteiger partial charge in [0.1, 0.15) is 6.67 Å². The van der Waals surface area contributed by atoms with Crippen LogP contribution in [0.15, 0.2) is 218 Å². The monoisotopic (exact) mass is 881 g/mol. The van der Waals surface area contributed by atoms with Crippen molar-refractivity contribution in [3.8, 4) is 11.1 Å². The Balaban J connectivity index is 0.000000433. The molecule has 1 unspecified atom stereocenters. The van der Waals surface area contributed by atoms with Crippen molar-refractivity contribution < 1.29 is 4.39 Å². The van der Waals surface area contributed by atoms with Gasteiger partial charge in [0.05, 0.1) is 0 Å². The van der Waals surface area contributed by atoms with Crippen LogP contribution in [0.25, 0.3) is 23.3 Å². The first kappa shape index (κ1) is 57.7. The van der Waals surface area contributed by atoms with Crippen molar-refractivity contribution >= 4 is 12.2 Å². The summed E-state index contributed by atoms with van der Waals surface area (Å²) in [5.74, 6) is 0.237. The molecule has 0 aromatic heterocycles. The summed E-state index contributed by atoms with van der Waals surface area (Å²) in [5.41, 5.74) is 20.2. The number of hydrogen-bond donors (Lipinski definition) is 0. The topological polar surface area (TPSA) is 0 Å². The molecule has 0 nitrogen and oxygen atoms in total. The summed E-state index contributed by atoms with van der Waals surface area (Å²) >= 11 is 0. The number of alkyl halides is 1. The second-order valence-electron chi connectivity index (χ2n) is 16.8. The van der Waals surface area contributed by atoms with E-state index in [1.807, 2.05) is 120 Å². The smallest absolute Gasteiger partial charge is 0.111 e. The quantitative estimate of drug-likeness (QED) is 0.139. The summed E-state index contributed by atoms with van der Waals surface area (Å²) in [6.07, 6.45) is 26.5. The van der Waals surface area contributed by atoms with E-state index in [2.05, 4.69) is 155 Å². The second-order valence-corrected chi connectivity index (χ2v) is 16.8. The van der Waals surface area contributed by atoms with Gasteiger partial charge in [-0.2, -0.15) is 0 Å². The molecule has 2 aliphatic carbocycles. The lowest BCUT2D eigenvalue weighted by Crippen LogP contribution is -2.15. The fraction of sp³-hybridized carbons (Fsp3) is 0.262. The fourth-order valence-corrected chi connectivity index (χ4v) is 7.63. The molecular formula is C65H81F. The Kier molecular flexibility index (Phi) is 26.9.